The molecular formula is C36H42ClN3O3. The van der Waals surface area contributed by atoms with Gasteiger partial charge in [-0.25, -0.2) is 4.79 Å². The van der Waals surface area contributed by atoms with Crippen molar-refractivity contribution in [3.05, 3.63) is 91.9 Å². The first kappa shape index (κ1) is 30.7. The molecule has 1 aliphatic carbocycles. The molecule has 5 rings (SSSR count). The summed E-state index contributed by atoms with van der Waals surface area (Å²) in [5.41, 5.74) is 13.0. The number of hydrogen-bond acceptors (Lipinski definition) is 3. The SMILES string of the molecule is Cc1cc(OCCCc2c(C)n(CC3=CC(C(=O)O)=CCCC3)c3c(-c4c(C)nn(C)c4C)c(C)ccc23)cc(C)c1Cl. The minimum absolute atomic E-state index is 0.391. The summed E-state index contributed by atoms with van der Waals surface area (Å²) in [7, 11) is 2.00. The number of benzene rings is 2. The van der Waals surface area contributed by atoms with Gasteiger partial charge >= 0.3 is 5.97 Å². The summed E-state index contributed by atoms with van der Waals surface area (Å²) >= 11 is 6.36. The zero-order valence-electron chi connectivity index (χ0n) is 26.4. The minimum atomic E-state index is -0.863. The number of carboxylic acids is 1. The summed E-state index contributed by atoms with van der Waals surface area (Å²) < 4.78 is 10.5. The Hall–Kier alpha value is -3.77. The average molecular weight is 600 g/mol. The molecule has 43 heavy (non-hydrogen) atoms. The maximum atomic E-state index is 11.9. The van der Waals surface area contributed by atoms with Gasteiger partial charge < -0.3 is 14.4 Å². The molecular weight excluding hydrogens is 558 g/mol. The fourth-order valence-electron chi connectivity index (χ4n) is 6.55. The highest BCUT2D eigenvalue weighted by Gasteiger charge is 2.24. The third-order valence-corrected chi connectivity index (χ3v) is 9.46. The predicted octanol–water partition coefficient (Wildman–Crippen LogP) is 8.68. The highest BCUT2D eigenvalue weighted by molar-refractivity contribution is 6.32. The Labute approximate surface area is 259 Å². The molecule has 0 spiro atoms. The van der Waals surface area contributed by atoms with Crippen LogP contribution in [-0.2, 0) is 24.8 Å². The monoisotopic (exact) mass is 599 g/mol. The van der Waals surface area contributed by atoms with Crippen LogP contribution in [0.1, 0.15) is 65.0 Å². The fraction of sp³-hybridized carbons (Fsp3) is 0.389. The second-order valence-corrected chi connectivity index (χ2v) is 12.3. The van der Waals surface area contributed by atoms with Crippen molar-refractivity contribution in [2.24, 2.45) is 7.05 Å². The highest BCUT2D eigenvalue weighted by atomic mass is 35.5. The Kier molecular flexibility index (Phi) is 8.89. The standard InChI is InChI=1S/C36H42ClN3O3/c1-21-14-15-31-30(13-10-16-43-29-17-22(2)34(37)23(3)18-29)25(5)40(20-27-11-8-9-12-28(19-27)36(41)42)35(31)32(21)33-24(4)38-39(7)26(33)6/h12,14-15,17-19H,8-11,13,16,20H2,1-7H3,(H,41,42). The van der Waals surface area contributed by atoms with E-state index in [1.54, 1.807) is 0 Å². The predicted molar refractivity (Wildman–Crippen MR) is 175 cm³/mol. The molecule has 2 heterocycles. The molecule has 6 nitrogen and oxygen atoms in total. The zero-order valence-corrected chi connectivity index (χ0v) is 27.2. The van der Waals surface area contributed by atoms with Gasteiger partial charge in [0.2, 0.25) is 0 Å². The lowest BCUT2D eigenvalue weighted by Gasteiger charge is -2.16. The third-order valence-electron chi connectivity index (χ3n) is 8.87. The molecule has 7 heteroatoms. The number of nitrogens with zero attached hydrogens (tertiary/aromatic N) is 3. The molecule has 4 aromatic rings. The van der Waals surface area contributed by atoms with E-state index in [1.807, 2.05) is 49.9 Å². The van der Waals surface area contributed by atoms with Crippen molar-refractivity contribution in [1.82, 2.24) is 14.3 Å². The number of halogens is 1. The van der Waals surface area contributed by atoms with Crippen molar-refractivity contribution < 1.29 is 14.6 Å². The first-order valence-electron chi connectivity index (χ1n) is 15.1. The number of hydrogen-bond donors (Lipinski definition) is 1. The Balaban J connectivity index is 1.57. The third kappa shape index (κ3) is 6.03. The normalized spacial score (nSPS) is 13.7. The number of fused-ring (bicyclic) bond motifs is 1. The second kappa shape index (κ2) is 12.5. The van der Waals surface area contributed by atoms with Crippen LogP contribution in [0.5, 0.6) is 5.75 Å². The number of aromatic nitrogens is 3. The highest BCUT2D eigenvalue weighted by Crippen LogP contribution is 2.40. The van der Waals surface area contributed by atoms with Crippen LogP contribution in [-0.4, -0.2) is 32.0 Å². The number of aryl methyl sites for hydroxylation is 6. The van der Waals surface area contributed by atoms with Crippen LogP contribution in [0.4, 0.5) is 0 Å². The van der Waals surface area contributed by atoms with E-state index in [9.17, 15) is 9.90 Å². The van der Waals surface area contributed by atoms with E-state index in [1.165, 1.54) is 38.9 Å². The smallest absolute Gasteiger partial charge is 0.335 e. The Bertz CT molecular complexity index is 1760. The summed E-state index contributed by atoms with van der Waals surface area (Å²) in [6, 6.07) is 8.48. The molecule has 0 bridgehead atoms. The topological polar surface area (TPSA) is 69.3 Å². The maximum Gasteiger partial charge on any atom is 0.335 e. The van der Waals surface area contributed by atoms with Gasteiger partial charge in [-0.1, -0.05) is 29.8 Å². The lowest BCUT2D eigenvalue weighted by molar-refractivity contribution is -0.132. The van der Waals surface area contributed by atoms with E-state index in [0.29, 0.717) is 18.7 Å². The van der Waals surface area contributed by atoms with Crippen molar-refractivity contribution in [3.8, 4) is 16.9 Å². The van der Waals surface area contributed by atoms with Crippen LogP contribution in [0.3, 0.4) is 0 Å². The first-order chi connectivity index (χ1) is 20.5. The first-order valence-corrected chi connectivity index (χ1v) is 15.5. The van der Waals surface area contributed by atoms with Crippen molar-refractivity contribution in [2.45, 2.75) is 80.2 Å². The van der Waals surface area contributed by atoms with E-state index < -0.39 is 5.97 Å². The van der Waals surface area contributed by atoms with Crippen molar-refractivity contribution >= 4 is 28.5 Å². The maximum absolute atomic E-state index is 11.9. The van der Waals surface area contributed by atoms with Gasteiger partial charge in [-0.05, 0) is 120 Å². The lowest BCUT2D eigenvalue weighted by Crippen LogP contribution is -2.07. The number of allylic oxidation sites excluding steroid dienone is 2. The lowest BCUT2D eigenvalue weighted by atomic mass is 9.94. The van der Waals surface area contributed by atoms with E-state index in [4.69, 9.17) is 21.4 Å². The van der Waals surface area contributed by atoms with Crippen molar-refractivity contribution in [1.29, 1.82) is 0 Å². The summed E-state index contributed by atoms with van der Waals surface area (Å²) in [6.07, 6.45) is 8.08. The van der Waals surface area contributed by atoms with Crippen LogP contribution < -0.4 is 4.74 Å². The van der Waals surface area contributed by atoms with Gasteiger partial charge in [-0.15, -0.1) is 0 Å². The number of carboxylic acid groups (broad SMARTS) is 1. The van der Waals surface area contributed by atoms with Crippen LogP contribution >= 0.6 is 11.6 Å². The molecule has 0 amide bonds. The number of ether oxygens (including phenoxy) is 1. The summed E-state index contributed by atoms with van der Waals surface area (Å²) in [4.78, 5) is 11.9. The molecule has 0 unspecified atom stereocenters. The largest absolute Gasteiger partial charge is 0.494 e. The van der Waals surface area contributed by atoms with Crippen LogP contribution in [0.2, 0.25) is 5.02 Å². The second-order valence-electron chi connectivity index (χ2n) is 12.0. The van der Waals surface area contributed by atoms with Crippen molar-refractivity contribution in [3.63, 3.8) is 0 Å². The van der Waals surface area contributed by atoms with Gasteiger partial charge in [-0.3, -0.25) is 4.68 Å². The fourth-order valence-corrected chi connectivity index (χ4v) is 6.66. The molecule has 0 saturated heterocycles. The Morgan fingerprint density at radius 3 is 2.40 bits per heavy atom. The molecule has 2 aromatic heterocycles. The summed E-state index contributed by atoms with van der Waals surface area (Å²) in [6.45, 7) is 13.9. The van der Waals surface area contributed by atoms with Gasteiger partial charge in [0, 0.05) is 46.5 Å². The van der Waals surface area contributed by atoms with Crippen LogP contribution in [0.15, 0.2) is 47.6 Å². The molecule has 0 aliphatic heterocycles. The Morgan fingerprint density at radius 1 is 1.02 bits per heavy atom. The molecule has 1 aliphatic rings. The summed E-state index contributed by atoms with van der Waals surface area (Å²) in [5.74, 6) is -0.0139. The number of rotatable bonds is 9. The van der Waals surface area contributed by atoms with E-state index in [0.717, 1.165) is 71.0 Å². The van der Waals surface area contributed by atoms with E-state index in [-0.39, 0.29) is 0 Å². The van der Waals surface area contributed by atoms with Gasteiger partial charge in [0.05, 0.1) is 23.4 Å². The quantitative estimate of drug-likeness (QED) is 0.195. The van der Waals surface area contributed by atoms with Gasteiger partial charge in [0.1, 0.15) is 5.75 Å². The molecule has 1 N–H and O–H groups in total. The molecule has 0 atom stereocenters. The van der Waals surface area contributed by atoms with Gasteiger partial charge in [0.15, 0.2) is 0 Å². The molecule has 0 saturated carbocycles. The Morgan fingerprint density at radius 2 is 1.74 bits per heavy atom. The average Bonchev–Trinajstić information content (AvgIpc) is 3.22. The van der Waals surface area contributed by atoms with Crippen LogP contribution in [0, 0.1) is 41.5 Å². The van der Waals surface area contributed by atoms with E-state index in [2.05, 4.69) is 44.4 Å². The van der Waals surface area contributed by atoms with Crippen LogP contribution in [0.25, 0.3) is 22.0 Å². The molecule has 2 aromatic carbocycles. The number of carbonyl (C=O) groups is 1. The molecule has 0 radical (unpaired) electrons. The minimum Gasteiger partial charge on any atom is -0.494 e. The van der Waals surface area contributed by atoms with Gasteiger partial charge in [0.25, 0.3) is 0 Å². The summed E-state index contributed by atoms with van der Waals surface area (Å²) in [5, 5.41) is 16.6. The van der Waals surface area contributed by atoms with Crippen molar-refractivity contribution in [2.75, 3.05) is 6.61 Å². The molecule has 0 fully saturated rings. The molecule has 226 valence electrons. The van der Waals surface area contributed by atoms with E-state index >= 15 is 0 Å². The van der Waals surface area contributed by atoms with Gasteiger partial charge in [-0.2, -0.15) is 5.10 Å². The zero-order chi connectivity index (χ0) is 31.0. The number of aliphatic carboxylic acids is 1.